The number of aromatic amines is 1. The molecule has 2 rings (SSSR count). The Bertz CT molecular complexity index is 729. The van der Waals surface area contributed by atoms with Gasteiger partial charge >= 0.3 is 0 Å². The minimum atomic E-state index is -0.330. The Hall–Kier alpha value is -2.28. The summed E-state index contributed by atoms with van der Waals surface area (Å²) in [6, 6.07) is 9.02. The molecule has 0 aliphatic rings. The van der Waals surface area contributed by atoms with Gasteiger partial charge in [-0.15, -0.1) is 0 Å². The highest BCUT2D eigenvalue weighted by Gasteiger charge is 2.12. The van der Waals surface area contributed by atoms with Gasteiger partial charge in [0.1, 0.15) is 5.82 Å². The Morgan fingerprint density at radius 3 is 2.86 bits per heavy atom. The number of anilines is 1. The summed E-state index contributed by atoms with van der Waals surface area (Å²) >= 11 is 1.14. The molecule has 2 aromatic rings. The number of benzene rings is 1. The van der Waals surface area contributed by atoms with Crippen LogP contribution in [0.4, 0.5) is 5.82 Å². The van der Waals surface area contributed by atoms with Crippen LogP contribution in [0.15, 0.2) is 40.3 Å². The number of nitrogens with one attached hydrogen (secondary N) is 2. The molecule has 22 heavy (non-hydrogen) atoms. The second kappa shape index (κ2) is 7.13. The fourth-order valence-corrected chi connectivity index (χ4v) is 2.78. The van der Waals surface area contributed by atoms with E-state index in [1.165, 1.54) is 6.07 Å². The number of nitrogens with two attached hydrogens (primary N) is 1. The van der Waals surface area contributed by atoms with Gasteiger partial charge in [0.05, 0.1) is 11.8 Å². The van der Waals surface area contributed by atoms with Gasteiger partial charge in [0.15, 0.2) is 5.16 Å². The van der Waals surface area contributed by atoms with E-state index in [0.717, 1.165) is 22.9 Å². The Balaban J connectivity index is 1.93. The highest BCUT2D eigenvalue weighted by atomic mass is 32.2. The largest absolute Gasteiger partial charge is 0.383 e. The highest BCUT2D eigenvalue weighted by Crippen LogP contribution is 2.17. The fourth-order valence-electron chi connectivity index (χ4n) is 2.09. The van der Waals surface area contributed by atoms with Gasteiger partial charge in [-0.2, -0.15) is 0 Å². The van der Waals surface area contributed by atoms with E-state index < -0.39 is 0 Å². The lowest BCUT2D eigenvalue weighted by Crippen LogP contribution is -2.28. The lowest BCUT2D eigenvalue weighted by atomic mass is 10.0. The van der Waals surface area contributed by atoms with Crippen LogP contribution < -0.4 is 16.6 Å². The summed E-state index contributed by atoms with van der Waals surface area (Å²) in [5.41, 5.74) is 7.37. The number of amides is 1. The van der Waals surface area contributed by atoms with Gasteiger partial charge in [-0.3, -0.25) is 9.59 Å². The van der Waals surface area contributed by atoms with Crippen molar-refractivity contribution in [2.75, 3.05) is 11.5 Å². The van der Waals surface area contributed by atoms with Crippen molar-refractivity contribution in [1.82, 2.24) is 15.3 Å². The zero-order valence-corrected chi connectivity index (χ0v) is 13.2. The van der Waals surface area contributed by atoms with E-state index in [9.17, 15) is 9.59 Å². The summed E-state index contributed by atoms with van der Waals surface area (Å²) in [7, 11) is 0. The van der Waals surface area contributed by atoms with E-state index in [-0.39, 0.29) is 29.1 Å². The number of thioether (sulfide) groups is 1. The van der Waals surface area contributed by atoms with Crippen LogP contribution >= 0.6 is 11.8 Å². The SMILES string of the molecule is Cc1ccccc1C(C)NC(=O)CSc1nc(N)cc(=O)[nH]1. The van der Waals surface area contributed by atoms with Crippen molar-refractivity contribution in [1.29, 1.82) is 0 Å². The smallest absolute Gasteiger partial charge is 0.253 e. The third kappa shape index (κ3) is 4.36. The second-order valence-electron chi connectivity index (χ2n) is 4.91. The quantitative estimate of drug-likeness (QED) is 0.574. The molecule has 1 amide bonds. The van der Waals surface area contributed by atoms with Crippen LogP contribution in [0, 0.1) is 6.92 Å². The van der Waals surface area contributed by atoms with Gasteiger partial charge in [-0.05, 0) is 25.0 Å². The lowest BCUT2D eigenvalue weighted by Gasteiger charge is -2.16. The monoisotopic (exact) mass is 318 g/mol. The van der Waals surface area contributed by atoms with E-state index in [4.69, 9.17) is 5.73 Å². The number of hydrogen-bond acceptors (Lipinski definition) is 5. The van der Waals surface area contributed by atoms with Crippen molar-refractivity contribution >= 4 is 23.5 Å². The highest BCUT2D eigenvalue weighted by molar-refractivity contribution is 7.99. The molecule has 0 spiro atoms. The van der Waals surface area contributed by atoms with Crippen LogP contribution in [-0.2, 0) is 4.79 Å². The Labute approximate surface area is 132 Å². The molecule has 1 aromatic carbocycles. The first-order chi connectivity index (χ1) is 10.5. The van der Waals surface area contributed by atoms with Crippen molar-refractivity contribution in [2.45, 2.75) is 25.0 Å². The van der Waals surface area contributed by atoms with Crippen molar-refractivity contribution in [3.8, 4) is 0 Å². The maximum Gasteiger partial charge on any atom is 0.253 e. The number of hydrogen-bond donors (Lipinski definition) is 3. The molecule has 1 heterocycles. The Morgan fingerprint density at radius 1 is 1.45 bits per heavy atom. The molecule has 1 atom stereocenters. The molecule has 1 unspecified atom stereocenters. The third-order valence-electron chi connectivity index (χ3n) is 3.11. The van der Waals surface area contributed by atoms with Gasteiger partial charge in [0, 0.05) is 6.07 Å². The molecule has 116 valence electrons. The Morgan fingerprint density at radius 2 is 2.18 bits per heavy atom. The summed E-state index contributed by atoms with van der Waals surface area (Å²) in [6.07, 6.45) is 0. The molecule has 4 N–H and O–H groups in total. The van der Waals surface area contributed by atoms with E-state index in [2.05, 4.69) is 15.3 Å². The maximum atomic E-state index is 12.0. The normalized spacial score (nSPS) is 11.9. The van der Waals surface area contributed by atoms with Crippen molar-refractivity contribution in [2.24, 2.45) is 0 Å². The summed E-state index contributed by atoms with van der Waals surface area (Å²) in [4.78, 5) is 29.8. The van der Waals surface area contributed by atoms with Gasteiger partial charge in [-0.25, -0.2) is 4.98 Å². The predicted octanol–water partition coefficient (Wildman–Crippen LogP) is 1.63. The Kier molecular flexibility index (Phi) is 5.21. The summed E-state index contributed by atoms with van der Waals surface area (Å²) in [6.45, 7) is 3.94. The number of nitrogens with zero attached hydrogens (tertiary/aromatic N) is 1. The molecule has 7 heteroatoms. The first kappa shape index (κ1) is 16.1. The van der Waals surface area contributed by atoms with E-state index in [1.54, 1.807) is 0 Å². The molecule has 0 saturated carbocycles. The van der Waals surface area contributed by atoms with Crippen molar-refractivity contribution in [3.63, 3.8) is 0 Å². The number of carbonyl (C=O) groups excluding carboxylic acids is 1. The number of H-pyrrole nitrogens is 1. The summed E-state index contributed by atoms with van der Waals surface area (Å²) in [5.74, 6) is 0.161. The zero-order chi connectivity index (χ0) is 16.1. The van der Waals surface area contributed by atoms with Gasteiger partial charge in [0.25, 0.3) is 5.56 Å². The molecular formula is C15H18N4O2S. The van der Waals surface area contributed by atoms with Gasteiger partial charge in [-0.1, -0.05) is 36.0 Å². The van der Waals surface area contributed by atoms with Crippen LogP contribution in [0.2, 0.25) is 0 Å². The number of rotatable bonds is 5. The van der Waals surface area contributed by atoms with Crippen molar-refractivity contribution in [3.05, 3.63) is 51.8 Å². The number of carbonyl (C=O) groups is 1. The lowest BCUT2D eigenvalue weighted by molar-refractivity contribution is -0.119. The van der Waals surface area contributed by atoms with Crippen LogP contribution in [-0.4, -0.2) is 21.6 Å². The average Bonchev–Trinajstić information content (AvgIpc) is 2.44. The fraction of sp³-hybridized carbons (Fsp3) is 0.267. The number of aryl methyl sites for hydroxylation is 1. The molecule has 0 bridgehead atoms. The maximum absolute atomic E-state index is 12.0. The molecule has 1 aromatic heterocycles. The van der Waals surface area contributed by atoms with E-state index >= 15 is 0 Å². The first-order valence-electron chi connectivity index (χ1n) is 6.80. The van der Waals surface area contributed by atoms with E-state index in [0.29, 0.717) is 5.16 Å². The number of nitrogen functional groups attached to an aromatic ring is 1. The predicted molar refractivity (Wildman–Crippen MR) is 87.7 cm³/mol. The molecule has 0 fully saturated rings. The van der Waals surface area contributed by atoms with Crippen LogP contribution in [0.25, 0.3) is 0 Å². The molecule has 0 aliphatic carbocycles. The molecule has 0 saturated heterocycles. The third-order valence-corrected chi connectivity index (χ3v) is 3.99. The van der Waals surface area contributed by atoms with Crippen LogP contribution in [0.5, 0.6) is 0 Å². The van der Waals surface area contributed by atoms with Crippen LogP contribution in [0.3, 0.4) is 0 Å². The molecular weight excluding hydrogens is 300 g/mol. The number of aromatic nitrogens is 2. The van der Waals surface area contributed by atoms with Gasteiger partial charge in [0.2, 0.25) is 5.91 Å². The van der Waals surface area contributed by atoms with Crippen molar-refractivity contribution < 1.29 is 4.79 Å². The minimum absolute atomic E-state index is 0.0813. The average molecular weight is 318 g/mol. The molecule has 0 aliphatic heterocycles. The van der Waals surface area contributed by atoms with Gasteiger partial charge < -0.3 is 16.0 Å². The standard InChI is InChI=1S/C15H18N4O2S/c1-9-5-3-4-6-11(9)10(2)17-14(21)8-22-15-18-12(16)7-13(20)19-15/h3-7,10H,8H2,1-2H3,(H,17,21)(H3,16,18,19,20). The second-order valence-corrected chi connectivity index (χ2v) is 5.87. The minimum Gasteiger partial charge on any atom is -0.383 e. The zero-order valence-electron chi connectivity index (χ0n) is 12.4. The summed E-state index contributed by atoms with van der Waals surface area (Å²) < 4.78 is 0. The summed E-state index contributed by atoms with van der Waals surface area (Å²) in [5, 5.41) is 3.26. The molecule has 6 nitrogen and oxygen atoms in total. The van der Waals surface area contributed by atoms with Crippen LogP contribution in [0.1, 0.15) is 24.1 Å². The van der Waals surface area contributed by atoms with E-state index in [1.807, 2.05) is 38.1 Å². The first-order valence-corrected chi connectivity index (χ1v) is 7.79. The topological polar surface area (TPSA) is 101 Å². The molecule has 0 radical (unpaired) electrons.